The Labute approximate surface area is 91.6 Å². The Morgan fingerprint density at radius 2 is 2.43 bits per heavy atom. The third-order valence-corrected chi connectivity index (χ3v) is 4.83. The van der Waals surface area contributed by atoms with Gasteiger partial charge in [-0.1, -0.05) is 0 Å². The highest BCUT2D eigenvalue weighted by atomic mass is 32.2. The number of thioether (sulfide) groups is 1. The van der Waals surface area contributed by atoms with E-state index in [9.17, 15) is 5.11 Å². The van der Waals surface area contributed by atoms with Crippen molar-refractivity contribution in [3.63, 3.8) is 0 Å². The molecule has 1 aromatic heterocycles. The van der Waals surface area contributed by atoms with E-state index in [4.69, 9.17) is 5.26 Å². The molecule has 0 saturated carbocycles. The molecule has 0 amide bonds. The predicted molar refractivity (Wildman–Crippen MR) is 58.7 cm³/mol. The van der Waals surface area contributed by atoms with Gasteiger partial charge in [-0.3, -0.25) is 0 Å². The molecular weight excluding hydrogens is 214 g/mol. The fourth-order valence-corrected chi connectivity index (χ4v) is 3.90. The van der Waals surface area contributed by atoms with E-state index in [0.29, 0.717) is 0 Å². The maximum atomic E-state index is 9.87. The number of aliphatic hydroxyl groups excluding tert-OH is 1. The first-order valence-electron chi connectivity index (χ1n) is 4.55. The fourth-order valence-electron chi connectivity index (χ4n) is 1.90. The van der Waals surface area contributed by atoms with E-state index in [-0.39, 0.29) is 6.10 Å². The van der Waals surface area contributed by atoms with Crippen molar-refractivity contribution in [2.45, 2.75) is 29.6 Å². The van der Waals surface area contributed by atoms with Gasteiger partial charge in [-0.15, -0.1) is 23.1 Å². The van der Waals surface area contributed by atoms with Crippen LogP contribution in [0, 0.1) is 11.3 Å². The molecule has 0 aliphatic heterocycles. The average Bonchev–Trinajstić information content (AvgIpc) is 2.57. The van der Waals surface area contributed by atoms with Gasteiger partial charge in [0.1, 0.15) is 10.9 Å². The molecule has 2 nitrogen and oxygen atoms in total. The lowest BCUT2D eigenvalue weighted by molar-refractivity contribution is 0.154. The molecule has 0 aromatic carbocycles. The first-order chi connectivity index (χ1) is 6.77. The molecule has 0 radical (unpaired) electrons. The number of nitriles is 1. The molecule has 1 aliphatic carbocycles. The van der Waals surface area contributed by atoms with Crippen LogP contribution in [0.2, 0.25) is 0 Å². The molecule has 1 heterocycles. The summed E-state index contributed by atoms with van der Waals surface area (Å²) in [5.41, 5.74) is 2.13. The normalized spacial score (nSPS) is 20.2. The van der Waals surface area contributed by atoms with Crippen molar-refractivity contribution < 1.29 is 5.11 Å². The van der Waals surface area contributed by atoms with Crippen LogP contribution in [0.5, 0.6) is 0 Å². The molecule has 0 bridgehead atoms. The molecule has 0 spiro atoms. The second-order valence-corrected chi connectivity index (χ2v) is 5.43. The highest BCUT2D eigenvalue weighted by Crippen LogP contribution is 2.43. The van der Waals surface area contributed by atoms with Crippen molar-refractivity contribution in [1.29, 1.82) is 5.26 Å². The summed E-state index contributed by atoms with van der Waals surface area (Å²) in [4.78, 5) is 0.795. The Kier molecular flexibility index (Phi) is 2.82. The van der Waals surface area contributed by atoms with Crippen LogP contribution >= 0.6 is 23.1 Å². The van der Waals surface area contributed by atoms with Crippen LogP contribution in [0.1, 0.15) is 34.9 Å². The van der Waals surface area contributed by atoms with E-state index in [1.807, 2.05) is 6.26 Å². The first-order valence-corrected chi connectivity index (χ1v) is 6.59. The third kappa shape index (κ3) is 1.46. The van der Waals surface area contributed by atoms with Crippen molar-refractivity contribution in [2.75, 3.05) is 6.26 Å². The SMILES string of the molecule is CSc1sc(C#N)c2c1C(O)CCC2. The Morgan fingerprint density at radius 3 is 3.07 bits per heavy atom. The predicted octanol–water partition coefficient (Wildman–Crippen LogP) is 2.71. The van der Waals surface area contributed by atoms with Gasteiger partial charge in [0.2, 0.25) is 0 Å². The monoisotopic (exact) mass is 225 g/mol. The molecule has 1 N–H and O–H groups in total. The van der Waals surface area contributed by atoms with Crippen molar-refractivity contribution in [3.05, 3.63) is 16.0 Å². The minimum atomic E-state index is -0.348. The first kappa shape index (κ1) is 10.0. The molecule has 4 heteroatoms. The summed E-state index contributed by atoms with van der Waals surface area (Å²) in [7, 11) is 0. The number of thiophene rings is 1. The molecule has 1 atom stereocenters. The molecule has 74 valence electrons. The van der Waals surface area contributed by atoms with E-state index >= 15 is 0 Å². The highest BCUT2D eigenvalue weighted by molar-refractivity contribution is 8.00. The van der Waals surface area contributed by atoms with Crippen molar-refractivity contribution in [3.8, 4) is 6.07 Å². The number of aliphatic hydroxyl groups is 1. The Balaban J connectivity index is 2.57. The lowest BCUT2D eigenvalue weighted by atomic mass is 9.92. The van der Waals surface area contributed by atoms with Crippen LogP contribution in [0.15, 0.2) is 4.21 Å². The summed E-state index contributed by atoms with van der Waals surface area (Å²) in [5, 5.41) is 18.8. The molecule has 1 aromatic rings. The number of rotatable bonds is 1. The van der Waals surface area contributed by atoms with Gasteiger partial charge in [-0.05, 0) is 31.1 Å². The standard InChI is InChI=1S/C10H11NOS2/c1-13-10-9-6(8(5-11)14-10)3-2-4-7(9)12/h7,12H,2-4H2,1H3. The third-order valence-electron chi connectivity index (χ3n) is 2.54. The molecule has 1 aliphatic rings. The summed E-state index contributed by atoms with van der Waals surface area (Å²) >= 11 is 3.15. The number of fused-ring (bicyclic) bond motifs is 1. The Morgan fingerprint density at radius 1 is 1.64 bits per heavy atom. The lowest BCUT2D eigenvalue weighted by Gasteiger charge is -2.18. The van der Waals surface area contributed by atoms with E-state index in [1.165, 1.54) is 11.3 Å². The second-order valence-electron chi connectivity index (χ2n) is 3.33. The van der Waals surface area contributed by atoms with Gasteiger partial charge in [0, 0.05) is 5.56 Å². The second kappa shape index (κ2) is 3.93. The number of hydrogen-bond donors (Lipinski definition) is 1. The quantitative estimate of drug-likeness (QED) is 0.747. The van der Waals surface area contributed by atoms with E-state index in [0.717, 1.165) is 39.5 Å². The van der Waals surface area contributed by atoms with Gasteiger partial charge in [0.15, 0.2) is 0 Å². The van der Waals surface area contributed by atoms with E-state index in [1.54, 1.807) is 11.8 Å². The topological polar surface area (TPSA) is 44.0 Å². The maximum Gasteiger partial charge on any atom is 0.110 e. The zero-order chi connectivity index (χ0) is 10.1. The minimum absolute atomic E-state index is 0.348. The average molecular weight is 225 g/mol. The van der Waals surface area contributed by atoms with Crippen LogP contribution in [0.4, 0.5) is 0 Å². The Hall–Kier alpha value is -0.500. The largest absolute Gasteiger partial charge is 0.388 e. The fraction of sp³-hybridized carbons (Fsp3) is 0.500. The molecule has 0 fully saturated rings. The van der Waals surface area contributed by atoms with E-state index < -0.39 is 0 Å². The van der Waals surface area contributed by atoms with Crippen LogP contribution < -0.4 is 0 Å². The van der Waals surface area contributed by atoms with Crippen molar-refractivity contribution >= 4 is 23.1 Å². The van der Waals surface area contributed by atoms with Crippen molar-refractivity contribution in [2.24, 2.45) is 0 Å². The maximum absolute atomic E-state index is 9.87. The van der Waals surface area contributed by atoms with Crippen LogP contribution in [-0.2, 0) is 6.42 Å². The summed E-state index contributed by atoms with van der Waals surface area (Å²) < 4.78 is 1.11. The minimum Gasteiger partial charge on any atom is -0.388 e. The van der Waals surface area contributed by atoms with Crippen molar-refractivity contribution in [1.82, 2.24) is 0 Å². The van der Waals surface area contributed by atoms with Crippen LogP contribution in [0.25, 0.3) is 0 Å². The smallest absolute Gasteiger partial charge is 0.110 e. The lowest BCUT2D eigenvalue weighted by Crippen LogP contribution is -2.08. The summed E-state index contributed by atoms with van der Waals surface area (Å²) in [6.07, 6.45) is 4.43. The van der Waals surface area contributed by atoms with Gasteiger partial charge in [0.25, 0.3) is 0 Å². The highest BCUT2D eigenvalue weighted by Gasteiger charge is 2.26. The Bertz CT molecular complexity index is 392. The molecule has 14 heavy (non-hydrogen) atoms. The van der Waals surface area contributed by atoms with Gasteiger partial charge in [0.05, 0.1) is 10.3 Å². The molecule has 1 unspecified atom stereocenters. The molecule has 0 saturated heterocycles. The van der Waals surface area contributed by atoms with Gasteiger partial charge >= 0.3 is 0 Å². The summed E-state index contributed by atoms with van der Waals surface area (Å²) in [6, 6.07) is 2.22. The van der Waals surface area contributed by atoms with Gasteiger partial charge < -0.3 is 5.11 Å². The zero-order valence-corrected chi connectivity index (χ0v) is 9.54. The summed E-state index contributed by atoms with van der Waals surface area (Å²) in [6.45, 7) is 0. The number of hydrogen-bond acceptors (Lipinski definition) is 4. The van der Waals surface area contributed by atoms with Gasteiger partial charge in [-0.2, -0.15) is 5.26 Å². The van der Waals surface area contributed by atoms with Gasteiger partial charge in [-0.25, -0.2) is 0 Å². The van der Waals surface area contributed by atoms with Crippen LogP contribution in [0.3, 0.4) is 0 Å². The summed E-state index contributed by atoms with van der Waals surface area (Å²) in [5.74, 6) is 0. The number of nitrogens with zero attached hydrogens (tertiary/aromatic N) is 1. The zero-order valence-electron chi connectivity index (χ0n) is 7.91. The van der Waals surface area contributed by atoms with Crippen LogP contribution in [-0.4, -0.2) is 11.4 Å². The molecule has 2 rings (SSSR count). The van der Waals surface area contributed by atoms with E-state index in [2.05, 4.69) is 6.07 Å². The molecular formula is C10H11NOS2.